The zero-order valence-electron chi connectivity index (χ0n) is 13.9. The lowest BCUT2D eigenvalue weighted by atomic mass is 10.2. The van der Waals surface area contributed by atoms with Gasteiger partial charge in [0.05, 0.1) is 21.6 Å². The lowest BCUT2D eigenvalue weighted by Crippen LogP contribution is -1.91. The summed E-state index contributed by atoms with van der Waals surface area (Å²) < 4.78 is 15.2. The third-order valence-electron chi connectivity index (χ3n) is 4.58. The first-order valence-electron chi connectivity index (χ1n) is 8.31. The first-order valence-corrected chi connectivity index (χ1v) is 9.06. The number of hydrogen-bond donors (Lipinski definition) is 1. The second-order valence-corrected chi connectivity index (χ2v) is 7.14. The van der Waals surface area contributed by atoms with Gasteiger partial charge in [-0.1, -0.05) is 23.2 Å². The number of nitrogens with one attached hydrogen (secondary N) is 1. The summed E-state index contributed by atoms with van der Waals surface area (Å²) in [6.45, 7) is 0. The standard InChI is InChI=1S/C21H12Cl2FN3/c22-13-9-17(23)16-7-8-27(20(16)10-13)15-5-6-18-19(11-15)26-21(25-18)12-1-3-14(24)4-2-12/h1-11H,(H,25,26). The lowest BCUT2D eigenvalue weighted by molar-refractivity contribution is 0.628. The van der Waals surface area contributed by atoms with Crippen LogP contribution in [0.2, 0.25) is 10.0 Å². The number of fused-ring (bicyclic) bond motifs is 2. The lowest BCUT2D eigenvalue weighted by Gasteiger charge is -2.06. The summed E-state index contributed by atoms with van der Waals surface area (Å²) in [6, 6.07) is 17.8. The summed E-state index contributed by atoms with van der Waals surface area (Å²) in [5.74, 6) is 0.430. The van der Waals surface area contributed by atoms with Gasteiger partial charge in [0.2, 0.25) is 0 Å². The topological polar surface area (TPSA) is 33.6 Å². The van der Waals surface area contributed by atoms with Gasteiger partial charge in [-0.3, -0.25) is 0 Å². The van der Waals surface area contributed by atoms with E-state index in [1.54, 1.807) is 18.2 Å². The van der Waals surface area contributed by atoms with Crippen molar-refractivity contribution in [3.05, 3.63) is 82.7 Å². The molecule has 2 heterocycles. The SMILES string of the molecule is Fc1ccc(-c2nc3ccc(-n4ccc5c(Cl)cc(Cl)cc54)cc3[nH]2)cc1. The average Bonchev–Trinajstić information content (AvgIpc) is 3.25. The third kappa shape index (κ3) is 2.78. The Balaban J connectivity index is 1.64. The Morgan fingerprint density at radius 3 is 2.56 bits per heavy atom. The Hall–Kier alpha value is -2.82. The van der Waals surface area contributed by atoms with Crippen molar-refractivity contribution in [3.8, 4) is 17.1 Å². The van der Waals surface area contributed by atoms with Gasteiger partial charge >= 0.3 is 0 Å². The zero-order valence-corrected chi connectivity index (χ0v) is 15.4. The van der Waals surface area contributed by atoms with E-state index in [9.17, 15) is 4.39 Å². The molecular weight excluding hydrogens is 384 g/mol. The first-order chi connectivity index (χ1) is 13.1. The van der Waals surface area contributed by atoms with Crippen LogP contribution in [0.25, 0.3) is 39.0 Å². The zero-order chi connectivity index (χ0) is 18.5. The highest BCUT2D eigenvalue weighted by Gasteiger charge is 2.10. The summed E-state index contributed by atoms with van der Waals surface area (Å²) >= 11 is 12.5. The molecule has 0 bridgehead atoms. The van der Waals surface area contributed by atoms with E-state index < -0.39 is 0 Å². The molecule has 0 aliphatic carbocycles. The fourth-order valence-electron chi connectivity index (χ4n) is 3.28. The number of imidazole rings is 1. The van der Waals surface area contributed by atoms with Gasteiger partial charge in [0.15, 0.2) is 0 Å². The predicted octanol–water partition coefficient (Wildman–Crippen LogP) is 6.62. The molecule has 0 saturated carbocycles. The van der Waals surface area contributed by atoms with E-state index in [1.165, 1.54) is 12.1 Å². The maximum atomic E-state index is 13.1. The predicted molar refractivity (Wildman–Crippen MR) is 108 cm³/mol. The minimum absolute atomic E-state index is 0.269. The molecule has 27 heavy (non-hydrogen) atoms. The summed E-state index contributed by atoms with van der Waals surface area (Å²) in [5.41, 5.74) is 4.46. The van der Waals surface area contributed by atoms with E-state index in [4.69, 9.17) is 23.2 Å². The van der Waals surface area contributed by atoms with Crippen molar-refractivity contribution in [2.45, 2.75) is 0 Å². The number of H-pyrrole nitrogens is 1. The summed E-state index contributed by atoms with van der Waals surface area (Å²) in [6.07, 6.45) is 1.96. The Labute approximate surface area is 164 Å². The van der Waals surface area contributed by atoms with Crippen molar-refractivity contribution in [2.75, 3.05) is 0 Å². The second-order valence-electron chi connectivity index (χ2n) is 6.30. The third-order valence-corrected chi connectivity index (χ3v) is 5.11. The van der Waals surface area contributed by atoms with Crippen molar-refractivity contribution in [1.29, 1.82) is 0 Å². The van der Waals surface area contributed by atoms with Crippen molar-refractivity contribution in [2.24, 2.45) is 0 Å². The number of aromatic nitrogens is 3. The van der Waals surface area contributed by atoms with E-state index >= 15 is 0 Å². The second kappa shape index (κ2) is 6.12. The van der Waals surface area contributed by atoms with E-state index in [1.807, 2.05) is 41.1 Å². The molecule has 0 fully saturated rings. The van der Waals surface area contributed by atoms with Crippen LogP contribution in [-0.4, -0.2) is 14.5 Å². The number of nitrogens with zero attached hydrogens (tertiary/aromatic N) is 2. The van der Waals surface area contributed by atoms with E-state index in [-0.39, 0.29) is 5.82 Å². The molecule has 3 aromatic carbocycles. The van der Waals surface area contributed by atoms with Gasteiger partial charge in [0.25, 0.3) is 0 Å². The Morgan fingerprint density at radius 2 is 1.74 bits per heavy atom. The quantitative estimate of drug-likeness (QED) is 0.358. The highest BCUT2D eigenvalue weighted by atomic mass is 35.5. The molecule has 6 heteroatoms. The van der Waals surface area contributed by atoms with E-state index in [0.717, 1.165) is 33.2 Å². The maximum absolute atomic E-state index is 13.1. The number of hydrogen-bond acceptors (Lipinski definition) is 1. The van der Waals surface area contributed by atoms with E-state index in [2.05, 4.69) is 9.97 Å². The van der Waals surface area contributed by atoms with Crippen molar-refractivity contribution >= 4 is 45.1 Å². The van der Waals surface area contributed by atoms with E-state index in [0.29, 0.717) is 15.9 Å². The molecule has 5 aromatic rings. The molecule has 0 atom stereocenters. The van der Waals surface area contributed by atoms with Gasteiger partial charge < -0.3 is 9.55 Å². The van der Waals surface area contributed by atoms with Crippen LogP contribution in [0.5, 0.6) is 0 Å². The number of benzene rings is 3. The largest absolute Gasteiger partial charge is 0.338 e. The number of rotatable bonds is 2. The van der Waals surface area contributed by atoms with Crippen LogP contribution >= 0.6 is 23.2 Å². The average molecular weight is 396 g/mol. The molecule has 132 valence electrons. The molecule has 0 amide bonds. The molecule has 0 saturated heterocycles. The fourth-order valence-corrected chi connectivity index (χ4v) is 3.83. The molecule has 1 N–H and O–H groups in total. The molecule has 0 unspecified atom stereocenters. The molecular formula is C21H12Cl2FN3. The Bertz CT molecular complexity index is 1300. The maximum Gasteiger partial charge on any atom is 0.138 e. The summed E-state index contributed by atoms with van der Waals surface area (Å²) in [7, 11) is 0. The highest BCUT2D eigenvalue weighted by Crippen LogP contribution is 2.31. The monoisotopic (exact) mass is 395 g/mol. The van der Waals surface area contributed by atoms with Crippen molar-refractivity contribution < 1.29 is 4.39 Å². The Kier molecular flexibility index (Phi) is 3.71. The molecule has 0 aliphatic rings. The van der Waals surface area contributed by atoms with Crippen LogP contribution in [0.1, 0.15) is 0 Å². The van der Waals surface area contributed by atoms with Crippen LogP contribution in [0.3, 0.4) is 0 Å². The van der Waals surface area contributed by atoms with Crippen LogP contribution in [-0.2, 0) is 0 Å². The smallest absolute Gasteiger partial charge is 0.138 e. The first kappa shape index (κ1) is 16.4. The van der Waals surface area contributed by atoms with Gasteiger partial charge in [-0.05, 0) is 60.7 Å². The minimum Gasteiger partial charge on any atom is -0.338 e. The van der Waals surface area contributed by atoms with Gasteiger partial charge in [-0.2, -0.15) is 0 Å². The fraction of sp³-hybridized carbons (Fsp3) is 0. The van der Waals surface area contributed by atoms with Crippen molar-refractivity contribution in [1.82, 2.24) is 14.5 Å². The van der Waals surface area contributed by atoms with Crippen molar-refractivity contribution in [3.63, 3.8) is 0 Å². The molecule has 2 aromatic heterocycles. The highest BCUT2D eigenvalue weighted by molar-refractivity contribution is 6.38. The normalized spacial score (nSPS) is 11.5. The summed E-state index contributed by atoms with van der Waals surface area (Å²) in [4.78, 5) is 7.90. The van der Waals surface area contributed by atoms with Gasteiger partial charge in [-0.15, -0.1) is 0 Å². The van der Waals surface area contributed by atoms with Crippen LogP contribution < -0.4 is 0 Å². The van der Waals surface area contributed by atoms with Crippen LogP contribution in [0.15, 0.2) is 66.9 Å². The van der Waals surface area contributed by atoms with Gasteiger partial charge in [0.1, 0.15) is 11.6 Å². The molecule has 0 aliphatic heterocycles. The minimum atomic E-state index is -0.269. The van der Waals surface area contributed by atoms with Crippen LogP contribution in [0, 0.1) is 5.82 Å². The molecule has 0 radical (unpaired) electrons. The number of aromatic amines is 1. The number of halogens is 3. The summed E-state index contributed by atoms with van der Waals surface area (Å²) in [5, 5.41) is 2.16. The molecule has 3 nitrogen and oxygen atoms in total. The van der Waals surface area contributed by atoms with Gasteiger partial charge in [-0.25, -0.2) is 9.37 Å². The molecule has 0 spiro atoms. The molecule has 5 rings (SSSR count). The van der Waals surface area contributed by atoms with Gasteiger partial charge in [0, 0.05) is 27.9 Å². The van der Waals surface area contributed by atoms with Crippen LogP contribution in [0.4, 0.5) is 4.39 Å². The Morgan fingerprint density at radius 1 is 0.926 bits per heavy atom.